The lowest BCUT2D eigenvalue weighted by molar-refractivity contribution is 0.400. The second-order valence-electron chi connectivity index (χ2n) is 4.07. The van der Waals surface area contributed by atoms with Crippen molar-refractivity contribution in [2.45, 2.75) is 30.5 Å². The highest BCUT2D eigenvalue weighted by Crippen LogP contribution is 2.35. The highest BCUT2D eigenvalue weighted by molar-refractivity contribution is 7.99. The van der Waals surface area contributed by atoms with Gasteiger partial charge in [0, 0.05) is 18.4 Å². The Morgan fingerprint density at radius 1 is 1.30 bits per heavy atom. The molecule has 20 heavy (non-hydrogen) atoms. The number of aryl methyl sites for hydroxylation is 1. The lowest BCUT2D eigenvalue weighted by atomic mass is 10.4. The maximum atomic E-state index is 5.41. The van der Waals surface area contributed by atoms with Gasteiger partial charge in [-0.05, 0) is 31.2 Å². The minimum atomic E-state index is 0.621. The van der Waals surface area contributed by atoms with Crippen molar-refractivity contribution in [3.8, 4) is 5.75 Å². The summed E-state index contributed by atoms with van der Waals surface area (Å²) < 4.78 is 5.41. The summed E-state index contributed by atoms with van der Waals surface area (Å²) in [4.78, 5) is 17.0. The first kappa shape index (κ1) is 14.5. The molecule has 0 aromatic carbocycles. The zero-order chi connectivity index (χ0) is 14.4. The Hall–Kier alpha value is -1.89. The third kappa shape index (κ3) is 3.57. The zero-order valence-corrected chi connectivity index (χ0v) is 12.6. The van der Waals surface area contributed by atoms with Gasteiger partial charge in [0.15, 0.2) is 21.7 Å². The van der Waals surface area contributed by atoms with Crippen LogP contribution in [0, 0.1) is 6.92 Å². The molecule has 0 amide bonds. The number of nitrogens with one attached hydrogen (secondary N) is 1. The average molecular weight is 291 g/mol. The Morgan fingerprint density at radius 2 is 2.15 bits per heavy atom. The van der Waals surface area contributed by atoms with Crippen LogP contribution in [0.4, 0.5) is 5.82 Å². The molecule has 0 saturated carbocycles. The van der Waals surface area contributed by atoms with Gasteiger partial charge >= 0.3 is 0 Å². The predicted octanol–water partition coefficient (Wildman–Crippen LogP) is 2.56. The fraction of sp³-hybridized carbons (Fsp3) is 0.385. The normalized spacial score (nSPS) is 10.3. The van der Waals surface area contributed by atoms with Crippen LogP contribution in [-0.4, -0.2) is 33.6 Å². The number of rotatable bonds is 6. The molecule has 0 fully saturated rings. The number of nitrogens with zero attached hydrogens (tertiary/aromatic N) is 4. The summed E-state index contributed by atoms with van der Waals surface area (Å²) in [5, 5.41) is 4.56. The van der Waals surface area contributed by atoms with E-state index < -0.39 is 0 Å². The van der Waals surface area contributed by atoms with Crippen LogP contribution in [0.3, 0.4) is 0 Å². The quantitative estimate of drug-likeness (QED) is 0.647. The molecular weight excluding hydrogens is 274 g/mol. The number of ether oxygens (including phenoxy) is 1. The third-order valence-corrected chi connectivity index (χ3v) is 3.34. The smallest absolute Gasteiger partial charge is 0.194 e. The Kier molecular flexibility index (Phi) is 5.11. The van der Waals surface area contributed by atoms with Crippen LogP contribution in [0.25, 0.3) is 0 Å². The van der Waals surface area contributed by atoms with Gasteiger partial charge in [-0.25, -0.2) is 19.9 Å². The molecule has 2 rings (SSSR count). The standard InChI is InChI=1S/C13H17N5OS/c1-4-6-14-11-10(19-3)12(17-8-16-11)20-13-15-7-5-9(2)18-13/h5,7-8H,4,6H2,1-3H3,(H,14,16,17). The van der Waals surface area contributed by atoms with Gasteiger partial charge < -0.3 is 10.1 Å². The monoisotopic (exact) mass is 291 g/mol. The summed E-state index contributed by atoms with van der Waals surface area (Å²) in [6.07, 6.45) is 4.25. The molecule has 0 saturated heterocycles. The van der Waals surface area contributed by atoms with Crippen molar-refractivity contribution >= 4 is 17.6 Å². The van der Waals surface area contributed by atoms with Crippen molar-refractivity contribution in [3.63, 3.8) is 0 Å². The van der Waals surface area contributed by atoms with Gasteiger partial charge in [0.25, 0.3) is 0 Å². The molecular formula is C13H17N5OS. The van der Waals surface area contributed by atoms with E-state index in [9.17, 15) is 0 Å². The van der Waals surface area contributed by atoms with Crippen molar-refractivity contribution < 1.29 is 4.74 Å². The van der Waals surface area contributed by atoms with Gasteiger partial charge in [-0.3, -0.25) is 0 Å². The lowest BCUT2D eigenvalue weighted by Crippen LogP contribution is -2.05. The van der Waals surface area contributed by atoms with Crippen LogP contribution in [0.5, 0.6) is 5.75 Å². The van der Waals surface area contributed by atoms with Crippen molar-refractivity contribution in [1.29, 1.82) is 0 Å². The van der Waals surface area contributed by atoms with Gasteiger partial charge in [0.05, 0.1) is 7.11 Å². The van der Waals surface area contributed by atoms with E-state index in [4.69, 9.17) is 4.74 Å². The summed E-state index contributed by atoms with van der Waals surface area (Å²) in [6, 6.07) is 1.86. The summed E-state index contributed by atoms with van der Waals surface area (Å²) in [6.45, 7) is 4.85. The SMILES string of the molecule is CCCNc1ncnc(Sc2nccc(C)n2)c1OC. The Morgan fingerprint density at radius 3 is 2.85 bits per heavy atom. The molecule has 2 aromatic heterocycles. The van der Waals surface area contributed by atoms with Gasteiger partial charge in [-0.1, -0.05) is 6.92 Å². The van der Waals surface area contributed by atoms with Crippen molar-refractivity contribution in [1.82, 2.24) is 19.9 Å². The first-order valence-corrected chi connectivity index (χ1v) is 7.16. The number of hydrogen-bond acceptors (Lipinski definition) is 7. The molecule has 106 valence electrons. The Labute approximate surface area is 122 Å². The van der Waals surface area contributed by atoms with Gasteiger partial charge in [-0.15, -0.1) is 0 Å². The largest absolute Gasteiger partial charge is 0.490 e. The molecule has 0 bridgehead atoms. The van der Waals surface area contributed by atoms with Gasteiger partial charge in [0.2, 0.25) is 0 Å². The van der Waals surface area contributed by atoms with E-state index >= 15 is 0 Å². The first-order valence-electron chi connectivity index (χ1n) is 6.35. The minimum absolute atomic E-state index is 0.621. The highest BCUT2D eigenvalue weighted by atomic mass is 32.2. The van der Waals surface area contributed by atoms with E-state index in [-0.39, 0.29) is 0 Å². The number of anilines is 1. The molecule has 0 spiro atoms. The van der Waals surface area contributed by atoms with Crippen LogP contribution < -0.4 is 10.1 Å². The molecule has 0 aliphatic heterocycles. The molecule has 1 N–H and O–H groups in total. The van der Waals surface area contributed by atoms with E-state index in [1.54, 1.807) is 13.3 Å². The van der Waals surface area contributed by atoms with Crippen LogP contribution in [-0.2, 0) is 0 Å². The third-order valence-electron chi connectivity index (χ3n) is 2.48. The Balaban J connectivity index is 2.26. The first-order chi connectivity index (χ1) is 9.74. The highest BCUT2D eigenvalue weighted by Gasteiger charge is 2.14. The zero-order valence-electron chi connectivity index (χ0n) is 11.8. The second-order valence-corrected chi connectivity index (χ2v) is 5.03. The molecule has 0 atom stereocenters. The molecule has 0 aliphatic rings. The predicted molar refractivity (Wildman–Crippen MR) is 78.3 cm³/mol. The summed E-state index contributed by atoms with van der Waals surface area (Å²) in [5.41, 5.74) is 0.917. The minimum Gasteiger partial charge on any atom is -0.490 e. The van der Waals surface area contributed by atoms with E-state index in [0.717, 1.165) is 18.7 Å². The number of methoxy groups -OCH3 is 1. The fourth-order valence-corrected chi connectivity index (χ4v) is 2.39. The van der Waals surface area contributed by atoms with Crippen molar-refractivity contribution in [2.24, 2.45) is 0 Å². The molecule has 6 nitrogen and oxygen atoms in total. The second kappa shape index (κ2) is 7.04. The molecule has 0 aliphatic carbocycles. The maximum Gasteiger partial charge on any atom is 0.194 e. The van der Waals surface area contributed by atoms with Crippen LogP contribution in [0.2, 0.25) is 0 Å². The summed E-state index contributed by atoms with van der Waals surface area (Å²) in [5.74, 6) is 1.32. The summed E-state index contributed by atoms with van der Waals surface area (Å²) >= 11 is 1.36. The van der Waals surface area contributed by atoms with E-state index in [1.807, 2.05) is 13.0 Å². The van der Waals surface area contributed by atoms with Crippen molar-refractivity contribution in [2.75, 3.05) is 19.0 Å². The molecule has 2 heterocycles. The average Bonchev–Trinajstić information content (AvgIpc) is 2.45. The molecule has 0 unspecified atom stereocenters. The van der Waals surface area contributed by atoms with Crippen molar-refractivity contribution in [3.05, 3.63) is 24.3 Å². The van der Waals surface area contributed by atoms with E-state index in [2.05, 4.69) is 32.2 Å². The Bertz CT molecular complexity index is 578. The van der Waals surface area contributed by atoms with E-state index in [0.29, 0.717) is 21.7 Å². The van der Waals surface area contributed by atoms with Crippen LogP contribution in [0.1, 0.15) is 19.0 Å². The lowest BCUT2D eigenvalue weighted by Gasteiger charge is -2.11. The van der Waals surface area contributed by atoms with Crippen LogP contribution in [0.15, 0.2) is 28.8 Å². The fourth-order valence-electron chi connectivity index (χ4n) is 1.55. The van der Waals surface area contributed by atoms with E-state index in [1.165, 1.54) is 18.1 Å². The van der Waals surface area contributed by atoms with Gasteiger partial charge in [0.1, 0.15) is 6.33 Å². The summed E-state index contributed by atoms with van der Waals surface area (Å²) in [7, 11) is 1.61. The number of aromatic nitrogens is 4. The molecule has 0 radical (unpaired) electrons. The van der Waals surface area contributed by atoms with Gasteiger partial charge in [-0.2, -0.15) is 0 Å². The topological polar surface area (TPSA) is 72.8 Å². The molecule has 2 aromatic rings. The van der Waals surface area contributed by atoms with Crippen LogP contribution >= 0.6 is 11.8 Å². The number of hydrogen-bond donors (Lipinski definition) is 1. The molecule has 7 heteroatoms. The maximum absolute atomic E-state index is 5.41.